The summed E-state index contributed by atoms with van der Waals surface area (Å²) >= 11 is 0. The van der Waals surface area contributed by atoms with E-state index in [9.17, 15) is 22.8 Å². The fourth-order valence-corrected chi connectivity index (χ4v) is 3.71. The molecule has 2 N–H and O–H groups in total. The molecule has 1 aliphatic heterocycles. The maximum Gasteiger partial charge on any atom is 0.416 e. The molecular formula is C20H21F3N4O2. The van der Waals surface area contributed by atoms with Crippen molar-refractivity contribution < 1.29 is 22.8 Å². The molecule has 0 bridgehead atoms. The van der Waals surface area contributed by atoms with Crippen molar-refractivity contribution in [3.8, 4) is 0 Å². The van der Waals surface area contributed by atoms with Gasteiger partial charge in [0.25, 0.3) is 5.91 Å². The quantitative estimate of drug-likeness (QED) is 0.819. The van der Waals surface area contributed by atoms with Gasteiger partial charge in [0.05, 0.1) is 5.56 Å². The zero-order chi connectivity index (χ0) is 20.6. The molecule has 2 amide bonds. The first-order valence-electron chi connectivity index (χ1n) is 9.62. The summed E-state index contributed by atoms with van der Waals surface area (Å²) in [5, 5.41) is 9.57. The minimum absolute atomic E-state index is 0.0465. The summed E-state index contributed by atoms with van der Waals surface area (Å²) in [5.74, 6) is -0.266. The van der Waals surface area contributed by atoms with Gasteiger partial charge in [0, 0.05) is 43.2 Å². The summed E-state index contributed by atoms with van der Waals surface area (Å²) in [6.45, 7) is 0.873. The molecule has 29 heavy (non-hydrogen) atoms. The van der Waals surface area contributed by atoms with Gasteiger partial charge in [-0.05, 0) is 30.5 Å². The number of hydrogen-bond donors (Lipinski definition) is 2. The molecule has 0 spiro atoms. The Hall–Kier alpha value is -2.84. The minimum atomic E-state index is -4.43. The van der Waals surface area contributed by atoms with E-state index in [1.807, 2.05) is 0 Å². The van der Waals surface area contributed by atoms with Gasteiger partial charge in [-0.25, -0.2) is 0 Å². The Bertz CT molecular complexity index is 934. The molecule has 6 nitrogen and oxygen atoms in total. The van der Waals surface area contributed by atoms with Gasteiger partial charge in [-0.1, -0.05) is 18.6 Å². The molecule has 0 saturated heterocycles. The molecule has 0 unspecified atom stereocenters. The lowest BCUT2D eigenvalue weighted by Crippen LogP contribution is -2.42. The summed E-state index contributed by atoms with van der Waals surface area (Å²) in [6.07, 6.45) is -0.931. The molecule has 2 aliphatic rings. The Balaban J connectivity index is 1.43. The van der Waals surface area contributed by atoms with Crippen molar-refractivity contribution in [2.24, 2.45) is 5.92 Å². The summed E-state index contributed by atoms with van der Waals surface area (Å²) in [6, 6.07) is 4.83. The van der Waals surface area contributed by atoms with E-state index in [-0.39, 0.29) is 24.1 Å². The number of nitrogens with zero attached hydrogens (tertiary/aromatic N) is 2. The highest BCUT2D eigenvalue weighted by molar-refractivity contribution is 5.94. The highest BCUT2D eigenvalue weighted by Gasteiger charge is 2.34. The van der Waals surface area contributed by atoms with E-state index in [1.54, 1.807) is 4.90 Å². The van der Waals surface area contributed by atoms with Crippen LogP contribution in [0.1, 0.15) is 52.1 Å². The van der Waals surface area contributed by atoms with Gasteiger partial charge in [-0.2, -0.15) is 18.3 Å². The number of aromatic amines is 1. The molecular weight excluding hydrogens is 385 g/mol. The van der Waals surface area contributed by atoms with Crippen LogP contribution in [0.3, 0.4) is 0 Å². The highest BCUT2D eigenvalue weighted by atomic mass is 19.4. The van der Waals surface area contributed by atoms with E-state index in [1.165, 1.54) is 12.1 Å². The Morgan fingerprint density at radius 1 is 1.28 bits per heavy atom. The van der Waals surface area contributed by atoms with E-state index in [4.69, 9.17) is 0 Å². The van der Waals surface area contributed by atoms with Crippen LogP contribution in [0, 0.1) is 5.92 Å². The lowest BCUT2D eigenvalue weighted by atomic mass is 9.84. The zero-order valence-electron chi connectivity index (χ0n) is 15.7. The number of nitrogens with one attached hydrogen (secondary N) is 2. The normalized spacial score (nSPS) is 16.9. The number of amides is 2. The van der Waals surface area contributed by atoms with Crippen molar-refractivity contribution in [1.82, 2.24) is 20.4 Å². The number of H-pyrrole nitrogens is 1. The molecule has 9 heteroatoms. The van der Waals surface area contributed by atoms with Crippen molar-refractivity contribution in [3.05, 3.63) is 52.3 Å². The van der Waals surface area contributed by atoms with Gasteiger partial charge in [0.2, 0.25) is 5.91 Å². The number of halogens is 3. The number of benzene rings is 1. The van der Waals surface area contributed by atoms with Crippen LogP contribution in [0.5, 0.6) is 0 Å². The average Bonchev–Trinajstić information content (AvgIpc) is 3.07. The van der Waals surface area contributed by atoms with E-state index >= 15 is 0 Å². The Kier molecular flexibility index (Phi) is 5.06. The van der Waals surface area contributed by atoms with E-state index in [0.717, 1.165) is 37.1 Å². The lowest BCUT2D eigenvalue weighted by Gasteiger charge is -2.33. The largest absolute Gasteiger partial charge is 0.416 e. The molecule has 0 radical (unpaired) electrons. The molecule has 4 rings (SSSR count). The monoisotopic (exact) mass is 406 g/mol. The van der Waals surface area contributed by atoms with Crippen molar-refractivity contribution in [2.45, 2.75) is 44.9 Å². The second-order valence-electron chi connectivity index (χ2n) is 7.55. The predicted octanol–water partition coefficient (Wildman–Crippen LogP) is 3.04. The summed E-state index contributed by atoms with van der Waals surface area (Å²) < 4.78 is 38.5. The molecule has 2 heterocycles. The van der Waals surface area contributed by atoms with Crippen molar-refractivity contribution in [1.29, 1.82) is 0 Å². The van der Waals surface area contributed by atoms with E-state index in [2.05, 4.69) is 15.5 Å². The van der Waals surface area contributed by atoms with Crippen molar-refractivity contribution >= 4 is 11.8 Å². The molecule has 1 aromatic heterocycles. The summed E-state index contributed by atoms with van der Waals surface area (Å²) in [5.41, 5.74) is 1.29. The van der Waals surface area contributed by atoms with Crippen LogP contribution in [0.15, 0.2) is 24.3 Å². The first-order chi connectivity index (χ1) is 13.8. The summed E-state index contributed by atoms with van der Waals surface area (Å²) in [7, 11) is 0. The zero-order valence-corrected chi connectivity index (χ0v) is 15.7. The van der Waals surface area contributed by atoms with Crippen molar-refractivity contribution in [2.75, 3.05) is 6.54 Å². The molecule has 2 aromatic rings. The molecule has 1 saturated carbocycles. The van der Waals surface area contributed by atoms with Gasteiger partial charge in [-0.15, -0.1) is 0 Å². The number of carbonyl (C=O) groups excluding carboxylic acids is 2. The Morgan fingerprint density at radius 3 is 2.76 bits per heavy atom. The van der Waals surface area contributed by atoms with E-state index in [0.29, 0.717) is 30.6 Å². The van der Waals surface area contributed by atoms with Crippen LogP contribution in [-0.2, 0) is 30.5 Å². The second-order valence-corrected chi connectivity index (χ2v) is 7.55. The van der Waals surface area contributed by atoms with Crippen LogP contribution in [0.25, 0.3) is 0 Å². The smallest absolute Gasteiger partial charge is 0.347 e. The lowest BCUT2D eigenvalue weighted by molar-refractivity contribution is -0.139. The number of fused-ring (bicyclic) bond motifs is 1. The van der Waals surface area contributed by atoms with Gasteiger partial charge in [-0.3, -0.25) is 14.7 Å². The number of alkyl halides is 3. The van der Waals surface area contributed by atoms with E-state index < -0.39 is 17.6 Å². The van der Waals surface area contributed by atoms with Gasteiger partial charge in [0.15, 0.2) is 5.69 Å². The standard InChI is InChI=1S/C20H21F3N4O2/c21-20(22,23)14-6-1-3-12(9-14)10-24-18(28)17-15-11-27(8-7-16(15)25-26-17)19(29)13-4-2-5-13/h1,3,6,9,13H,2,4-5,7-8,10-11H2,(H,24,28)(H,25,26). The first-order valence-corrected chi connectivity index (χ1v) is 9.62. The Labute approximate surface area is 165 Å². The maximum atomic E-state index is 12.8. The molecule has 0 atom stereocenters. The highest BCUT2D eigenvalue weighted by Crippen LogP contribution is 2.31. The molecule has 1 aliphatic carbocycles. The second kappa shape index (κ2) is 7.53. The maximum absolute atomic E-state index is 12.8. The van der Waals surface area contributed by atoms with Crippen LogP contribution in [0.2, 0.25) is 0 Å². The number of hydrogen-bond acceptors (Lipinski definition) is 3. The Morgan fingerprint density at radius 2 is 2.07 bits per heavy atom. The van der Waals surface area contributed by atoms with Crippen LogP contribution in [-0.4, -0.2) is 33.5 Å². The number of rotatable bonds is 4. The predicted molar refractivity (Wildman–Crippen MR) is 97.7 cm³/mol. The number of aromatic nitrogens is 2. The third-order valence-corrected chi connectivity index (χ3v) is 5.62. The summed E-state index contributed by atoms with van der Waals surface area (Å²) in [4.78, 5) is 26.9. The molecule has 1 aromatic carbocycles. The average molecular weight is 406 g/mol. The number of carbonyl (C=O) groups is 2. The van der Waals surface area contributed by atoms with Gasteiger partial charge < -0.3 is 10.2 Å². The fraction of sp³-hybridized carbons (Fsp3) is 0.450. The fourth-order valence-electron chi connectivity index (χ4n) is 3.71. The third-order valence-electron chi connectivity index (χ3n) is 5.62. The van der Waals surface area contributed by atoms with Gasteiger partial charge >= 0.3 is 6.18 Å². The van der Waals surface area contributed by atoms with Crippen LogP contribution in [0.4, 0.5) is 13.2 Å². The minimum Gasteiger partial charge on any atom is -0.347 e. The third kappa shape index (κ3) is 3.99. The van der Waals surface area contributed by atoms with Crippen LogP contribution < -0.4 is 5.32 Å². The first kappa shape index (κ1) is 19.5. The molecule has 154 valence electrons. The topological polar surface area (TPSA) is 78.1 Å². The van der Waals surface area contributed by atoms with Crippen molar-refractivity contribution in [3.63, 3.8) is 0 Å². The van der Waals surface area contributed by atoms with Gasteiger partial charge in [0.1, 0.15) is 0 Å². The van der Waals surface area contributed by atoms with Crippen LogP contribution >= 0.6 is 0 Å². The molecule has 1 fully saturated rings. The SMILES string of the molecule is O=C(NCc1cccc(C(F)(F)F)c1)c1n[nH]c2c1CN(C(=O)C1CCC1)CC2.